The summed E-state index contributed by atoms with van der Waals surface area (Å²) >= 11 is 0. The molecule has 0 unspecified atom stereocenters. The van der Waals surface area contributed by atoms with E-state index in [0.29, 0.717) is 5.91 Å². The Kier molecular flexibility index (Phi) is 3.35. The van der Waals surface area contributed by atoms with Crippen LogP contribution < -0.4 is 0 Å². The molecule has 0 aliphatic carbocycles. The van der Waals surface area contributed by atoms with E-state index >= 15 is 0 Å². The molecule has 0 saturated carbocycles. The highest BCUT2D eigenvalue weighted by Crippen LogP contribution is 2.36. The Hall–Kier alpha value is -1.29. The number of amides is 1. The molecule has 1 aromatic rings. The summed E-state index contributed by atoms with van der Waals surface area (Å²) in [5, 5.41) is 0. The predicted molar refractivity (Wildman–Crippen MR) is 72.6 cm³/mol. The highest BCUT2D eigenvalue weighted by atomic mass is 16.3. The molecule has 4 heteroatoms. The summed E-state index contributed by atoms with van der Waals surface area (Å²) in [6.07, 6.45) is 8.79. The first kappa shape index (κ1) is 12.7. The van der Waals surface area contributed by atoms with E-state index < -0.39 is 0 Å². The SMILES string of the molecule is CN1C(=O)CCC[C@]12CCCN(Cc1ccoc1)C2. The van der Waals surface area contributed by atoms with Crippen LogP contribution in [0, 0.1) is 0 Å². The van der Waals surface area contributed by atoms with Crippen molar-refractivity contribution >= 4 is 5.91 Å². The van der Waals surface area contributed by atoms with Crippen molar-refractivity contribution in [3.05, 3.63) is 24.2 Å². The fraction of sp³-hybridized carbons (Fsp3) is 0.667. The van der Waals surface area contributed by atoms with Crippen LogP contribution >= 0.6 is 0 Å². The third-order valence-electron chi connectivity index (χ3n) is 4.74. The number of likely N-dealkylation sites (N-methyl/N-ethyl adjacent to an activating group) is 1. The van der Waals surface area contributed by atoms with Gasteiger partial charge in [0.2, 0.25) is 5.91 Å². The molecule has 0 bridgehead atoms. The minimum atomic E-state index is 0.0807. The van der Waals surface area contributed by atoms with Gasteiger partial charge in [-0.05, 0) is 38.3 Å². The number of hydrogen-bond donors (Lipinski definition) is 0. The highest BCUT2D eigenvalue weighted by molar-refractivity contribution is 5.77. The van der Waals surface area contributed by atoms with Crippen molar-refractivity contribution in [1.29, 1.82) is 0 Å². The van der Waals surface area contributed by atoms with E-state index in [1.54, 1.807) is 6.26 Å². The predicted octanol–water partition coefficient (Wildman–Crippen LogP) is 2.26. The zero-order valence-electron chi connectivity index (χ0n) is 11.6. The van der Waals surface area contributed by atoms with E-state index in [9.17, 15) is 4.79 Å². The van der Waals surface area contributed by atoms with Crippen LogP contribution in [-0.4, -0.2) is 41.4 Å². The quantitative estimate of drug-likeness (QED) is 0.820. The summed E-state index contributed by atoms with van der Waals surface area (Å²) in [5.74, 6) is 0.316. The van der Waals surface area contributed by atoms with Crippen LogP contribution in [0.5, 0.6) is 0 Å². The van der Waals surface area contributed by atoms with Gasteiger partial charge < -0.3 is 9.32 Å². The summed E-state index contributed by atoms with van der Waals surface area (Å²) in [5.41, 5.74) is 1.30. The van der Waals surface area contributed by atoms with Crippen molar-refractivity contribution < 1.29 is 9.21 Å². The van der Waals surface area contributed by atoms with E-state index in [0.717, 1.165) is 45.3 Å². The van der Waals surface area contributed by atoms with Crippen LogP contribution in [0.1, 0.15) is 37.7 Å². The average Bonchev–Trinajstić information content (AvgIpc) is 2.89. The lowest BCUT2D eigenvalue weighted by Crippen LogP contribution is -2.60. The Morgan fingerprint density at radius 1 is 1.37 bits per heavy atom. The Morgan fingerprint density at radius 2 is 2.21 bits per heavy atom. The maximum atomic E-state index is 12.0. The minimum Gasteiger partial charge on any atom is -0.472 e. The molecule has 0 radical (unpaired) electrons. The monoisotopic (exact) mass is 262 g/mol. The first-order valence-electron chi connectivity index (χ1n) is 7.20. The number of furan rings is 1. The number of likely N-dealkylation sites (tertiary alicyclic amines) is 2. The third kappa shape index (κ3) is 2.41. The van der Waals surface area contributed by atoms with E-state index in [1.807, 2.05) is 24.3 Å². The Labute approximate surface area is 114 Å². The molecule has 0 aromatic carbocycles. The van der Waals surface area contributed by atoms with Crippen LogP contribution in [0.2, 0.25) is 0 Å². The van der Waals surface area contributed by atoms with Crippen molar-refractivity contribution in [2.24, 2.45) is 0 Å². The molecule has 19 heavy (non-hydrogen) atoms. The van der Waals surface area contributed by atoms with E-state index in [2.05, 4.69) is 4.90 Å². The lowest BCUT2D eigenvalue weighted by atomic mass is 9.80. The molecule has 2 aliphatic rings. The molecular weight excluding hydrogens is 240 g/mol. The summed E-state index contributed by atoms with van der Waals surface area (Å²) in [7, 11) is 1.99. The molecule has 2 fully saturated rings. The molecule has 4 nitrogen and oxygen atoms in total. The van der Waals surface area contributed by atoms with Gasteiger partial charge in [0.15, 0.2) is 0 Å². The number of carbonyl (C=O) groups is 1. The number of hydrogen-bond acceptors (Lipinski definition) is 3. The molecule has 1 amide bonds. The van der Waals surface area contributed by atoms with E-state index in [-0.39, 0.29) is 5.54 Å². The Bertz CT molecular complexity index is 439. The number of nitrogens with zero attached hydrogens (tertiary/aromatic N) is 2. The topological polar surface area (TPSA) is 36.7 Å². The summed E-state index contributed by atoms with van der Waals surface area (Å²) in [4.78, 5) is 16.5. The van der Waals surface area contributed by atoms with Crippen LogP contribution in [0.15, 0.2) is 23.0 Å². The Morgan fingerprint density at radius 3 is 3.00 bits per heavy atom. The minimum absolute atomic E-state index is 0.0807. The highest BCUT2D eigenvalue weighted by Gasteiger charge is 2.42. The normalized spacial score (nSPS) is 29.1. The van der Waals surface area contributed by atoms with Gasteiger partial charge in [0.1, 0.15) is 0 Å². The van der Waals surface area contributed by atoms with Gasteiger partial charge in [-0.25, -0.2) is 0 Å². The molecule has 0 N–H and O–H groups in total. The molecular formula is C15H22N2O2. The molecule has 1 aromatic heterocycles. The molecule has 2 saturated heterocycles. The van der Waals surface area contributed by atoms with Crippen molar-refractivity contribution in [2.75, 3.05) is 20.1 Å². The summed E-state index contributed by atoms with van der Waals surface area (Å²) < 4.78 is 5.14. The van der Waals surface area contributed by atoms with Gasteiger partial charge in [-0.15, -0.1) is 0 Å². The Balaban J connectivity index is 1.71. The third-order valence-corrected chi connectivity index (χ3v) is 4.74. The average molecular weight is 262 g/mol. The zero-order valence-corrected chi connectivity index (χ0v) is 11.6. The number of rotatable bonds is 2. The van der Waals surface area contributed by atoms with Gasteiger partial charge in [0.25, 0.3) is 0 Å². The van der Waals surface area contributed by atoms with Crippen LogP contribution in [0.3, 0.4) is 0 Å². The fourth-order valence-electron chi connectivity index (χ4n) is 3.63. The standard InChI is InChI=1S/C15H22N2O2/c1-16-14(18)4-2-6-15(16)7-3-8-17(12-15)10-13-5-9-19-11-13/h5,9,11H,2-4,6-8,10,12H2,1H3/t15-/m1/s1. The maximum absolute atomic E-state index is 12.0. The zero-order chi connectivity index (χ0) is 13.3. The molecule has 3 heterocycles. The maximum Gasteiger partial charge on any atom is 0.222 e. The number of carbonyl (C=O) groups excluding carboxylic acids is 1. The van der Waals surface area contributed by atoms with Crippen LogP contribution in [-0.2, 0) is 11.3 Å². The second kappa shape index (κ2) is 5.00. The lowest BCUT2D eigenvalue weighted by Gasteiger charge is -2.50. The molecule has 1 spiro atoms. The van der Waals surface area contributed by atoms with E-state index in [1.165, 1.54) is 12.0 Å². The van der Waals surface area contributed by atoms with Crippen molar-refractivity contribution in [2.45, 2.75) is 44.2 Å². The first-order chi connectivity index (χ1) is 9.20. The van der Waals surface area contributed by atoms with Gasteiger partial charge in [-0.2, -0.15) is 0 Å². The molecule has 3 rings (SSSR count). The largest absolute Gasteiger partial charge is 0.472 e. The van der Waals surface area contributed by atoms with Crippen molar-refractivity contribution in [3.63, 3.8) is 0 Å². The second-order valence-electron chi connectivity index (χ2n) is 5.98. The smallest absolute Gasteiger partial charge is 0.222 e. The van der Waals surface area contributed by atoms with Crippen LogP contribution in [0.25, 0.3) is 0 Å². The molecule has 104 valence electrons. The molecule has 1 atom stereocenters. The van der Waals surface area contributed by atoms with Gasteiger partial charge in [-0.3, -0.25) is 9.69 Å². The first-order valence-corrected chi connectivity index (χ1v) is 7.20. The van der Waals surface area contributed by atoms with Gasteiger partial charge >= 0.3 is 0 Å². The van der Waals surface area contributed by atoms with Crippen molar-refractivity contribution in [3.8, 4) is 0 Å². The van der Waals surface area contributed by atoms with Crippen molar-refractivity contribution in [1.82, 2.24) is 9.80 Å². The van der Waals surface area contributed by atoms with Gasteiger partial charge in [0, 0.05) is 32.1 Å². The van der Waals surface area contributed by atoms with E-state index in [4.69, 9.17) is 4.42 Å². The fourth-order valence-corrected chi connectivity index (χ4v) is 3.63. The lowest BCUT2D eigenvalue weighted by molar-refractivity contribution is -0.142. The number of piperidine rings is 2. The summed E-state index contributed by atoms with van der Waals surface area (Å²) in [6, 6.07) is 2.02. The van der Waals surface area contributed by atoms with Crippen LogP contribution in [0.4, 0.5) is 0 Å². The van der Waals surface area contributed by atoms with Gasteiger partial charge in [-0.1, -0.05) is 0 Å². The second-order valence-corrected chi connectivity index (χ2v) is 5.98. The molecule has 2 aliphatic heterocycles. The summed E-state index contributed by atoms with van der Waals surface area (Å²) in [6.45, 7) is 3.05. The van der Waals surface area contributed by atoms with Gasteiger partial charge in [0.05, 0.1) is 18.1 Å².